The number of likely N-dealkylation sites (tertiary alicyclic amines) is 1. The molecule has 148 valence electrons. The van der Waals surface area contributed by atoms with Crippen LogP contribution < -0.4 is 10.6 Å². The van der Waals surface area contributed by atoms with Gasteiger partial charge in [-0.3, -0.25) is 14.4 Å². The topological polar surface area (TPSA) is 78.5 Å². The highest BCUT2D eigenvalue weighted by molar-refractivity contribution is 6.40. The van der Waals surface area contributed by atoms with Crippen molar-refractivity contribution >= 4 is 23.4 Å². The first kappa shape index (κ1) is 20.9. The molecule has 0 spiro atoms. The Morgan fingerprint density at radius 2 is 1.63 bits per heavy atom. The normalized spacial score (nSPS) is 15.3. The number of benzene rings is 1. The van der Waals surface area contributed by atoms with Gasteiger partial charge in [0.05, 0.1) is 11.3 Å². The number of nitrogens with zero attached hydrogens (tertiary/aromatic N) is 1. The van der Waals surface area contributed by atoms with Crippen molar-refractivity contribution in [3.05, 3.63) is 29.8 Å². The number of para-hydroxylation sites is 1. The summed E-state index contributed by atoms with van der Waals surface area (Å²) in [6.45, 7) is 7.60. The SMILES string of the molecule is CC(C)CCC(C)NC(=O)C(=O)Nc1ccccc1C(=O)N1CCCCC1. The van der Waals surface area contributed by atoms with E-state index in [4.69, 9.17) is 0 Å². The van der Waals surface area contributed by atoms with E-state index in [1.165, 1.54) is 0 Å². The summed E-state index contributed by atoms with van der Waals surface area (Å²) in [4.78, 5) is 39.0. The molecule has 1 aromatic rings. The van der Waals surface area contributed by atoms with Gasteiger partial charge in [0.2, 0.25) is 0 Å². The third kappa shape index (κ3) is 6.38. The summed E-state index contributed by atoms with van der Waals surface area (Å²) in [5.74, 6) is -0.973. The molecule has 1 fully saturated rings. The Labute approximate surface area is 161 Å². The van der Waals surface area contributed by atoms with Gasteiger partial charge in [-0.15, -0.1) is 0 Å². The van der Waals surface area contributed by atoms with E-state index in [9.17, 15) is 14.4 Å². The van der Waals surface area contributed by atoms with Gasteiger partial charge in [0.25, 0.3) is 5.91 Å². The molecule has 2 N–H and O–H groups in total. The lowest BCUT2D eigenvalue weighted by Crippen LogP contribution is -2.41. The number of carbonyl (C=O) groups is 3. The van der Waals surface area contributed by atoms with Crippen molar-refractivity contribution in [3.63, 3.8) is 0 Å². The molecule has 0 radical (unpaired) electrons. The lowest BCUT2D eigenvalue weighted by Gasteiger charge is -2.27. The smallest absolute Gasteiger partial charge is 0.313 e. The van der Waals surface area contributed by atoms with Gasteiger partial charge < -0.3 is 15.5 Å². The molecule has 2 rings (SSSR count). The van der Waals surface area contributed by atoms with Crippen LogP contribution in [-0.2, 0) is 9.59 Å². The third-order valence-electron chi connectivity index (χ3n) is 4.81. The quantitative estimate of drug-likeness (QED) is 0.752. The van der Waals surface area contributed by atoms with Gasteiger partial charge in [-0.25, -0.2) is 0 Å². The van der Waals surface area contributed by atoms with Crippen LogP contribution in [0.2, 0.25) is 0 Å². The number of carbonyl (C=O) groups excluding carboxylic acids is 3. The van der Waals surface area contributed by atoms with E-state index in [1.807, 2.05) is 11.8 Å². The zero-order valence-corrected chi connectivity index (χ0v) is 16.6. The molecule has 1 saturated heterocycles. The van der Waals surface area contributed by atoms with Crippen LogP contribution in [0.5, 0.6) is 0 Å². The molecule has 1 heterocycles. The maximum atomic E-state index is 12.8. The largest absolute Gasteiger partial charge is 0.345 e. The van der Waals surface area contributed by atoms with Crippen molar-refractivity contribution in [1.29, 1.82) is 0 Å². The molecule has 6 heteroatoms. The first-order valence-corrected chi connectivity index (χ1v) is 9.88. The van der Waals surface area contributed by atoms with E-state index in [-0.39, 0.29) is 11.9 Å². The average Bonchev–Trinajstić information content (AvgIpc) is 2.67. The van der Waals surface area contributed by atoms with Crippen molar-refractivity contribution in [2.75, 3.05) is 18.4 Å². The Balaban J connectivity index is 1.99. The molecule has 0 aromatic heterocycles. The molecule has 1 aliphatic heterocycles. The first-order chi connectivity index (χ1) is 12.9. The molecule has 0 bridgehead atoms. The number of anilines is 1. The lowest BCUT2D eigenvalue weighted by atomic mass is 10.0. The van der Waals surface area contributed by atoms with E-state index in [1.54, 1.807) is 24.3 Å². The molecule has 0 aliphatic carbocycles. The average molecular weight is 373 g/mol. The van der Waals surface area contributed by atoms with E-state index in [0.29, 0.717) is 17.2 Å². The minimum absolute atomic E-state index is 0.0733. The number of amides is 3. The summed E-state index contributed by atoms with van der Waals surface area (Å²) in [5.41, 5.74) is 0.802. The summed E-state index contributed by atoms with van der Waals surface area (Å²) < 4.78 is 0. The van der Waals surface area contributed by atoms with Crippen LogP contribution in [0.15, 0.2) is 24.3 Å². The van der Waals surface area contributed by atoms with Gasteiger partial charge in [-0.2, -0.15) is 0 Å². The summed E-state index contributed by atoms with van der Waals surface area (Å²) in [6, 6.07) is 6.78. The minimum Gasteiger partial charge on any atom is -0.345 e. The first-order valence-electron chi connectivity index (χ1n) is 9.88. The Bertz CT molecular complexity index is 666. The van der Waals surface area contributed by atoms with Crippen LogP contribution in [0.3, 0.4) is 0 Å². The van der Waals surface area contributed by atoms with Crippen molar-refractivity contribution in [2.45, 2.75) is 58.9 Å². The number of rotatable bonds is 6. The Kier molecular flexibility index (Phi) is 7.82. The highest BCUT2D eigenvalue weighted by Gasteiger charge is 2.23. The van der Waals surface area contributed by atoms with Crippen molar-refractivity contribution in [3.8, 4) is 0 Å². The van der Waals surface area contributed by atoms with Crippen molar-refractivity contribution < 1.29 is 14.4 Å². The van der Waals surface area contributed by atoms with Gasteiger partial charge in [0.1, 0.15) is 0 Å². The monoisotopic (exact) mass is 373 g/mol. The number of nitrogens with one attached hydrogen (secondary N) is 2. The van der Waals surface area contributed by atoms with Crippen LogP contribution in [0.4, 0.5) is 5.69 Å². The molecule has 6 nitrogen and oxygen atoms in total. The van der Waals surface area contributed by atoms with Crippen molar-refractivity contribution in [2.24, 2.45) is 5.92 Å². The van der Waals surface area contributed by atoms with Crippen LogP contribution in [0, 0.1) is 5.92 Å². The fourth-order valence-corrected chi connectivity index (χ4v) is 3.17. The second-order valence-electron chi connectivity index (χ2n) is 7.70. The number of hydrogen-bond donors (Lipinski definition) is 2. The molecule has 3 amide bonds. The Morgan fingerprint density at radius 3 is 2.30 bits per heavy atom. The zero-order chi connectivity index (χ0) is 19.8. The second kappa shape index (κ2) is 10.1. The van der Waals surface area contributed by atoms with Crippen LogP contribution >= 0.6 is 0 Å². The van der Waals surface area contributed by atoms with Gasteiger partial charge in [0.15, 0.2) is 0 Å². The maximum absolute atomic E-state index is 12.8. The molecule has 27 heavy (non-hydrogen) atoms. The molecular formula is C21H31N3O3. The van der Waals surface area contributed by atoms with E-state index < -0.39 is 11.8 Å². The fraction of sp³-hybridized carbons (Fsp3) is 0.571. The van der Waals surface area contributed by atoms with Crippen molar-refractivity contribution in [1.82, 2.24) is 10.2 Å². The summed E-state index contributed by atoms with van der Waals surface area (Å²) in [6.07, 6.45) is 4.93. The predicted octanol–water partition coefficient (Wildman–Crippen LogP) is 3.19. The summed E-state index contributed by atoms with van der Waals surface area (Å²) >= 11 is 0. The zero-order valence-electron chi connectivity index (χ0n) is 16.6. The van der Waals surface area contributed by atoms with Gasteiger partial charge in [0, 0.05) is 19.1 Å². The van der Waals surface area contributed by atoms with E-state index in [2.05, 4.69) is 24.5 Å². The molecule has 1 atom stereocenters. The van der Waals surface area contributed by atoms with E-state index in [0.717, 1.165) is 45.2 Å². The molecule has 1 aliphatic rings. The second-order valence-corrected chi connectivity index (χ2v) is 7.70. The minimum atomic E-state index is -0.745. The number of piperidine rings is 1. The van der Waals surface area contributed by atoms with Gasteiger partial charge in [-0.1, -0.05) is 26.0 Å². The van der Waals surface area contributed by atoms with Gasteiger partial charge >= 0.3 is 11.8 Å². The highest BCUT2D eigenvalue weighted by atomic mass is 16.2. The third-order valence-corrected chi connectivity index (χ3v) is 4.81. The Morgan fingerprint density at radius 1 is 0.963 bits per heavy atom. The van der Waals surface area contributed by atoms with E-state index >= 15 is 0 Å². The van der Waals surface area contributed by atoms with Gasteiger partial charge in [-0.05, 0) is 57.1 Å². The standard InChI is InChI=1S/C21H31N3O3/c1-15(2)11-12-16(3)22-19(25)20(26)23-18-10-6-5-9-17(18)21(27)24-13-7-4-8-14-24/h5-6,9-10,15-16H,4,7-8,11-14H2,1-3H3,(H,22,25)(H,23,26). The van der Waals surface area contributed by atoms with Crippen LogP contribution in [-0.4, -0.2) is 41.8 Å². The molecule has 0 saturated carbocycles. The summed E-state index contributed by atoms with van der Waals surface area (Å²) in [5, 5.41) is 5.32. The van der Waals surface area contributed by atoms with Crippen LogP contribution in [0.25, 0.3) is 0 Å². The highest BCUT2D eigenvalue weighted by Crippen LogP contribution is 2.20. The molecular weight excluding hydrogens is 342 g/mol. The maximum Gasteiger partial charge on any atom is 0.313 e. The Hall–Kier alpha value is -2.37. The molecule has 1 unspecified atom stereocenters. The van der Waals surface area contributed by atoms with Crippen LogP contribution in [0.1, 0.15) is 63.2 Å². The molecule has 1 aromatic carbocycles. The predicted molar refractivity (Wildman–Crippen MR) is 107 cm³/mol. The fourth-order valence-electron chi connectivity index (χ4n) is 3.17. The lowest BCUT2D eigenvalue weighted by molar-refractivity contribution is -0.136. The summed E-state index contributed by atoms with van der Waals surface area (Å²) in [7, 11) is 0. The number of hydrogen-bond acceptors (Lipinski definition) is 3.